The summed E-state index contributed by atoms with van der Waals surface area (Å²) in [6.07, 6.45) is 0. The molecule has 0 atom stereocenters. The molecule has 0 aromatic heterocycles. The predicted molar refractivity (Wildman–Crippen MR) is 36.6 cm³/mol. The van der Waals surface area contributed by atoms with Crippen LogP contribution in [0.15, 0.2) is 0 Å². The highest BCUT2D eigenvalue weighted by atomic mass is 79.9. The Morgan fingerprint density at radius 3 is 1.33 bits per heavy atom. The van der Waals surface area contributed by atoms with Crippen LogP contribution in [0.3, 0.4) is 0 Å². The highest BCUT2D eigenvalue weighted by molar-refractivity contribution is 9.10. The largest absolute Gasteiger partial charge is 0.480 e. The molecule has 0 heterocycles. The van der Waals surface area contributed by atoms with Gasteiger partial charge in [0.25, 0.3) is 5.41 Å². The summed E-state index contributed by atoms with van der Waals surface area (Å²) >= 11 is 1.58. The van der Waals surface area contributed by atoms with Gasteiger partial charge in [-0.25, -0.2) is 26.3 Å². The summed E-state index contributed by atoms with van der Waals surface area (Å²) in [5.74, 6) is -16.9. The first-order valence-corrected chi connectivity index (χ1v) is 4.29. The summed E-state index contributed by atoms with van der Waals surface area (Å²) in [5.41, 5.74) is -4.61. The van der Waals surface area contributed by atoms with Crippen LogP contribution in [-0.2, 0) is 4.79 Å². The van der Waals surface area contributed by atoms with Gasteiger partial charge < -0.3 is 5.11 Å². The Kier molecular flexibility index (Phi) is 1.48. The normalized spacial score (nSPS) is 47.7. The van der Waals surface area contributed by atoms with Crippen molar-refractivity contribution in [2.75, 3.05) is 0 Å². The third kappa shape index (κ3) is 0.508. The first kappa shape index (κ1) is 11.0. The van der Waals surface area contributed by atoms with E-state index in [0.29, 0.717) is 0 Å². The Hall–Kier alpha value is -0.470. The van der Waals surface area contributed by atoms with Crippen LogP contribution in [0.2, 0.25) is 0 Å². The van der Waals surface area contributed by atoms with Crippen molar-refractivity contribution in [2.24, 2.45) is 5.41 Å². The second-order valence-corrected chi connectivity index (χ2v) is 4.63. The van der Waals surface area contributed by atoms with Gasteiger partial charge in [0.15, 0.2) is 0 Å². The fourth-order valence-corrected chi connectivity index (χ4v) is 3.07. The third-order valence-electron chi connectivity index (χ3n) is 3.03. The molecular weight excluding hydrogens is 298 g/mol. The quantitative estimate of drug-likeness (QED) is 0.595. The van der Waals surface area contributed by atoms with Gasteiger partial charge in [-0.3, -0.25) is 4.79 Å². The highest BCUT2D eigenvalue weighted by Gasteiger charge is 3.21. The number of halogens is 7. The number of rotatable bonds is 1. The molecule has 3 fully saturated rings. The molecule has 0 spiro atoms. The Bertz CT molecular complexity index is 334. The molecule has 0 amide bonds. The number of aliphatic carboxylic acids is 1. The van der Waals surface area contributed by atoms with Crippen LogP contribution in [0, 0.1) is 5.41 Å². The minimum Gasteiger partial charge on any atom is -0.480 e. The maximum Gasteiger partial charge on any atom is 0.328 e. The smallest absolute Gasteiger partial charge is 0.328 e. The van der Waals surface area contributed by atoms with Crippen molar-refractivity contribution < 1.29 is 36.2 Å². The molecule has 0 radical (unpaired) electrons. The zero-order valence-electron chi connectivity index (χ0n) is 6.50. The lowest BCUT2D eigenvalue weighted by atomic mass is 9.35. The summed E-state index contributed by atoms with van der Waals surface area (Å²) in [7, 11) is 0. The Labute approximate surface area is 86.4 Å². The fourth-order valence-electron chi connectivity index (χ4n) is 2.17. The van der Waals surface area contributed by atoms with Gasteiger partial charge in [-0.15, -0.1) is 0 Å². The maximum atomic E-state index is 12.9. The molecule has 1 N–H and O–H groups in total. The molecule has 0 unspecified atom stereocenters. The van der Waals surface area contributed by atoms with Gasteiger partial charge in [0, 0.05) is 0 Å². The van der Waals surface area contributed by atoms with Crippen molar-refractivity contribution in [1.82, 2.24) is 0 Å². The van der Waals surface area contributed by atoms with Gasteiger partial charge in [0.05, 0.1) is 0 Å². The molecule has 2 nitrogen and oxygen atoms in total. The monoisotopic (exact) mass is 298 g/mol. The van der Waals surface area contributed by atoms with E-state index < -0.39 is 33.5 Å². The standard InChI is InChI=1S/C6HBrF6O2/c7-3-4(8,9)2(1(14)15,5(3,10)11)6(3,12)13/h(H,14,15). The van der Waals surface area contributed by atoms with Gasteiger partial charge in [-0.05, 0) is 0 Å². The summed E-state index contributed by atoms with van der Waals surface area (Å²) in [5, 5.41) is 8.19. The average Bonchev–Trinajstić information content (AvgIpc) is 2.00. The molecule has 3 aliphatic carbocycles. The first-order valence-electron chi connectivity index (χ1n) is 3.50. The molecule has 0 saturated heterocycles. The van der Waals surface area contributed by atoms with Crippen LogP contribution in [0.25, 0.3) is 0 Å². The van der Waals surface area contributed by atoms with E-state index in [-0.39, 0.29) is 0 Å². The number of hydrogen-bond acceptors (Lipinski definition) is 1. The van der Waals surface area contributed by atoms with E-state index in [0.717, 1.165) is 0 Å². The van der Waals surface area contributed by atoms with E-state index in [1.807, 2.05) is 0 Å². The average molecular weight is 299 g/mol. The number of hydrogen-bond donors (Lipinski definition) is 1. The number of carboxylic acid groups (broad SMARTS) is 1. The summed E-state index contributed by atoms with van der Waals surface area (Å²) in [6, 6.07) is 0. The molecule has 3 saturated carbocycles. The zero-order chi connectivity index (χ0) is 12.1. The van der Waals surface area contributed by atoms with Gasteiger partial charge in [-0.1, -0.05) is 15.9 Å². The van der Waals surface area contributed by atoms with E-state index in [1.165, 1.54) is 0 Å². The second kappa shape index (κ2) is 2.01. The molecule has 3 rings (SSSR count). The minimum absolute atomic E-state index is 1.58. The Morgan fingerprint density at radius 2 is 1.20 bits per heavy atom. The summed E-state index contributed by atoms with van der Waals surface area (Å²) in [6.45, 7) is 0. The number of carboxylic acids is 1. The van der Waals surface area contributed by atoms with E-state index in [2.05, 4.69) is 0 Å². The van der Waals surface area contributed by atoms with E-state index in [4.69, 9.17) is 5.11 Å². The van der Waals surface area contributed by atoms with Crippen molar-refractivity contribution >= 4 is 21.9 Å². The minimum atomic E-state index is -4.68. The van der Waals surface area contributed by atoms with Gasteiger partial charge in [0.2, 0.25) is 4.32 Å². The van der Waals surface area contributed by atoms with Crippen molar-refractivity contribution in [1.29, 1.82) is 0 Å². The Balaban J connectivity index is 2.67. The lowest BCUT2D eigenvalue weighted by Gasteiger charge is -2.77. The molecular formula is C6HBrF6O2. The molecule has 9 heteroatoms. The van der Waals surface area contributed by atoms with E-state index >= 15 is 0 Å². The van der Waals surface area contributed by atoms with E-state index in [1.54, 1.807) is 15.9 Å². The van der Waals surface area contributed by atoms with Crippen molar-refractivity contribution in [2.45, 2.75) is 22.1 Å². The van der Waals surface area contributed by atoms with Gasteiger partial charge >= 0.3 is 23.7 Å². The zero-order valence-corrected chi connectivity index (χ0v) is 8.09. The van der Waals surface area contributed by atoms with Crippen LogP contribution in [0.4, 0.5) is 26.3 Å². The molecule has 2 bridgehead atoms. The SMILES string of the molecule is O=C(O)C12C(F)(F)C(Br)(C1(F)F)C2(F)F. The molecule has 3 aliphatic rings. The van der Waals surface area contributed by atoms with Crippen LogP contribution in [0.5, 0.6) is 0 Å². The van der Waals surface area contributed by atoms with Crippen molar-refractivity contribution in [3.05, 3.63) is 0 Å². The molecule has 0 aliphatic heterocycles. The van der Waals surface area contributed by atoms with Crippen molar-refractivity contribution in [3.8, 4) is 0 Å². The lowest BCUT2D eigenvalue weighted by molar-refractivity contribution is -0.535. The van der Waals surface area contributed by atoms with Crippen LogP contribution in [0.1, 0.15) is 0 Å². The predicted octanol–water partition coefficient (Wildman–Crippen LogP) is 2.12. The highest BCUT2D eigenvalue weighted by Crippen LogP contribution is 2.92. The Morgan fingerprint density at radius 1 is 0.933 bits per heavy atom. The van der Waals surface area contributed by atoms with Crippen LogP contribution < -0.4 is 0 Å². The number of alkyl halides is 7. The molecule has 15 heavy (non-hydrogen) atoms. The number of carbonyl (C=O) groups is 1. The second-order valence-electron chi connectivity index (χ2n) is 3.44. The maximum absolute atomic E-state index is 12.9. The van der Waals surface area contributed by atoms with E-state index in [9.17, 15) is 31.1 Å². The topological polar surface area (TPSA) is 37.3 Å². The first-order chi connectivity index (χ1) is 6.44. The molecule has 86 valence electrons. The third-order valence-corrected chi connectivity index (χ3v) is 4.53. The summed E-state index contributed by atoms with van der Waals surface area (Å²) in [4.78, 5) is 10.3. The molecule has 0 aromatic rings. The van der Waals surface area contributed by atoms with Crippen LogP contribution >= 0.6 is 15.9 Å². The fraction of sp³-hybridized carbons (Fsp3) is 0.833. The molecule has 0 aromatic carbocycles. The van der Waals surface area contributed by atoms with Gasteiger partial charge in [-0.2, -0.15) is 0 Å². The van der Waals surface area contributed by atoms with Crippen LogP contribution in [-0.4, -0.2) is 33.2 Å². The summed E-state index contributed by atoms with van der Waals surface area (Å²) < 4.78 is 73.2. The van der Waals surface area contributed by atoms with Gasteiger partial charge in [0.1, 0.15) is 0 Å². The van der Waals surface area contributed by atoms with Crippen molar-refractivity contribution in [3.63, 3.8) is 0 Å². The lowest BCUT2D eigenvalue weighted by Crippen LogP contribution is -3.07.